The van der Waals surface area contributed by atoms with Crippen LogP contribution >= 0.6 is 0 Å². The molecule has 8 heavy (non-hydrogen) atoms. The minimum absolute atomic E-state index is 0. The molecule has 0 N–H and O–H groups in total. The fourth-order valence-corrected chi connectivity index (χ4v) is 0.478. The predicted octanol–water partition coefficient (Wildman–Crippen LogP) is 1.87. The maximum absolute atomic E-state index is 3.72. The molecule has 0 aliphatic rings. The third kappa shape index (κ3) is 2.11. The van der Waals surface area contributed by atoms with Crippen molar-refractivity contribution in [3.05, 3.63) is 42.8 Å². The molecule has 1 aromatic carbocycles. The van der Waals surface area contributed by atoms with Gasteiger partial charge in [-0.05, 0) is 0 Å². The molecule has 1 aromatic rings. The summed E-state index contributed by atoms with van der Waals surface area (Å²) in [5.41, 5.74) is 1.07. The van der Waals surface area contributed by atoms with Gasteiger partial charge in [0.25, 0.3) is 0 Å². The van der Waals surface area contributed by atoms with Crippen molar-refractivity contribution in [1.29, 1.82) is 0 Å². The van der Waals surface area contributed by atoms with Gasteiger partial charge in [-0.25, -0.2) is 0 Å². The zero-order chi connectivity index (χ0) is 5.11. The van der Waals surface area contributed by atoms with Crippen LogP contribution in [0.1, 0.15) is 5.56 Å². The Balaban J connectivity index is 0.000000490. The smallest absolute Gasteiger partial charge is 0.199 e. The minimum Gasteiger partial charge on any atom is -0.199 e. The fraction of sp³-hybridized carbons (Fsp3) is 0. The van der Waals surface area contributed by atoms with E-state index in [1.165, 1.54) is 0 Å². The summed E-state index contributed by atoms with van der Waals surface area (Å²) in [5, 5.41) is 0. The van der Waals surface area contributed by atoms with Gasteiger partial charge in [0.15, 0.2) is 0 Å². The molecule has 0 unspecified atom stereocenters. The van der Waals surface area contributed by atoms with Gasteiger partial charge in [-0.1, -0.05) is 6.07 Å². The third-order valence-corrected chi connectivity index (χ3v) is 0.843. The summed E-state index contributed by atoms with van der Waals surface area (Å²) in [6.07, 6.45) is 0. The molecule has 39 valence electrons. The van der Waals surface area contributed by atoms with E-state index in [4.69, 9.17) is 0 Å². The average Bonchev–Trinajstić information content (AvgIpc) is 1.69. The van der Waals surface area contributed by atoms with E-state index >= 15 is 0 Å². The summed E-state index contributed by atoms with van der Waals surface area (Å²) in [6.45, 7) is 3.72. The van der Waals surface area contributed by atoms with Gasteiger partial charge in [-0.3, -0.25) is 0 Å². The first-order valence-corrected chi connectivity index (χ1v) is 2.26. The molecule has 0 saturated carbocycles. The van der Waals surface area contributed by atoms with E-state index < -0.39 is 0 Å². The summed E-state index contributed by atoms with van der Waals surface area (Å²) in [5.74, 6) is 0. The second-order valence-electron chi connectivity index (χ2n) is 1.49. The molecule has 0 spiro atoms. The summed E-state index contributed by atoms with van der Waals surface area (Å²) >= 11 is 0. The molecule has 0 atom stereocenters. The van der Waals surface area contributed by atoms with Crippen molar-refractivity contribution in [2.75, 3.05) is 0 Å². The Labute approximate surface area is 61.8 Å². The Bertz CT molecular complexity index is 134. The molecule has 0 heterocycles. The van der Waals surface area contributed by atoms with Crippen LogP contribution in [0, 0.1) is 6.92 Å². The molecule has 1 rings (SSSR count). The van der Waals surface area contributed by atoms with Gasteiger partial charge in [0, 0.05) is 0 Å². The van der Waals surface area contributed by atoms with E-state index in [0.29, 0.717) is 0 Å². The Morgan fingerprint density at radius 1 is 1.00 bits per heavy atom. The quantitative estimate of drug-likeness (QED) is 0.485. The Hall–Kier alpha value is -0.326. The molecule has 0 bridgehead atoms. The van der Waals surface area contributed by atoms with Crippen molar-refractivity contribution in [2.24, 2.45) is 0 Å². The zero-order valence-electron chi connectivity index (χ0n) is 4.54. The van der Waals surface area contributed by atoms with Gasteiger partial charge in [0.1, 0.15) is 0 Å². The van der Waals surface area contributed by atoms with Crippen molar-refractivity contribution in [2.45, 2.75) is 0 Å². The van der Waals surface area contributed by atoms with Crippen LogP contribution in [0.25, 0.3) is 0 Å². The van der Waals surface area contributed by atoms with E-state index in [0.717, 1.165) is 5.56 Å². The molecule has 0 fully saturated rings. The van der Waals surface area contributed by atoms with E-state index in [1.807, 2.05) is 30.3 Å². The maximum atomic E-state index is 3.72. The number of hydrogen-bond acceptors (Lipinski definition) is 0. The van der Waals surface area contributed by atoms with E-state index in [-0.39, 0.29) is 18.6 Å². The number of benzene rings is 1. The summed E-state index contributed by atoms with van der Waals surface area (Å²) < 4.78 is 0. The van der Waals surface area contributed by atoms with E-state index in [9.17, 15) is 0 Å². The van der Waals surface area contributed by atoms with Gasteiger partial charge < -0.3 is 0 Å². The van der Waals surface area contributed by atoms with Crippen LogP contribution in [0.3, 0.4) is 0 Å². The van der Waals surface area contributed by atoms with Crippen molar-refractivity contribution in [3.8, 4) is 0 Å². The first kappa shape index (κ1) is 7.67. The van der Waals surface area contributed by atoms with Crippen LogP contribution in [0.4, 0.5) is 0 Å². The first-order valence-electron chi connectivity index (χ1n) is 2.26. The second-order valence-corrected chi connectivity index (χ2v) is 1.49. The van der Waals surface area contributed by atoms with Crippen molar-refractivity contribution in [1.82, 2.24) is 0 Å². The minimum atomic E-state index is 0. The van der Waals surface area contributed by atoms with Crippen LogP contribution in [0.15, 0.2) is 30.3 Å². The number of rotatable bonds is 0. The first-order chi connectivity index (χ1) is 3.39. The van der Waals surface area contributed by atoms with Crippen molar-refractivity contribution in [3.63, 3.8) is 0 Å². The van der Waals surface area contributed by atoms with Crippen LogP contribution in [-0.4, -0.2) is 0 Å². The molecule has 0 aliphatic carbocycles. The van der Waals surface area contributed by atoms with Crippen LogP contribution in [0.2, 0.25) is 0 Å². The molecular formula is C7H7V+. The standard InChI is InChI=1S/C7H7.V/c1-7-5-3-2-4-6-7;/h2-6H,1H2;/q-1;+2. The monoisotopic (exact) mass is 142 g/mol. The number of hydrogen-bond donors (Lipinski definition) is 0. The molecule has 0 aromatic heterocycles. The molecule has 0 amide bonds. The topological polar surface area (TPSA) is 0 Å². The molecule has 1 heteroatoms. The van der Waals surface area contributed by atoms with Gasteiger partial charge in [-0.15, -0.1) is 12.1 Å². The average molecular weight is 142 g/mol. The third-order valence-electron chi connectivity index (χ3n) is 0.843. The van der Waals surface area contributed by atoms with Gasteiger partial charge >= 0.3 is 18.6 Å². The zero-order valence-corrected chi connectivity index (χ0v) is 5.94. The Morgan fingerprint density at radius 2 is 1.50 bits per heavy atom. The van der Waals surface area contributed by atoms with Crippen LogP contribution in [0.5, 0.6) is 0 Å². The van der Waals surface area contributed by atoms with E-state index in [1.54, 1.807) is 0 Å². The SMILES string of the molecule is [CH2-]c1ccccc1.[V+2]. The maximum Gasteiger partial charge on any atom is 2.00 e. The normalized spacial score (nSPS) is 7.50. The summed E-state index contributed by atoms with van der Waals surface area (Å²) in [6, 6.07) is 9.87. The second kappa shape index (κ2) is 3.65. The molecule has 0 nitrogen and oxygen atoms in total. The Morgan fingerprint density at radius 3 is 1.75 bits per heavy atom. The van der Waals surface area contributed by atoms with Crippen molar-refractivity contribution >= 4 is 0 Å². The molecule has 0 saturated heterocycles. The fourth-order valence-electron chi connectivity index (χ4n) is 0.478. The van der Waals surface area contributed by atoms with Gasteiger partial charge in [-0.2, -0.15) is 24.6 Å². The van der Waals surface area contributed by atoms with Crippen molar-refractivity contribution < 1.29 is 18.6 Å². The van der Waals surface area contributed by atoms with Gasteiger partial charge in [0.05, 0.1) is 0 Å². The van der Waals surface area contributed by atoms with Crippen LogP contribution < -0.4 is 0 Å². The largest absolute Gasteiger partial charge is 2.00 e. The summed E-state index contributed by atoms with van der Waals surface area (Å²) in [4.78, 5) is 0. The van der Waals surface area contributed by atoms with Gasteiger partial charge in [0.2, 0.25) is 0 Å². The Kier molecular flexibility index (Phi) is 3.50. The molecular weight excluding hydrogens is 135 g/mol. The van der Waals surface area contributed by atoms with Crippen LogP contribution in [-0.2, 0) is 18.6 Å². The van der Waals surface area contributed by atoms with E-state index in [2.05, 4.69) is 6.92 Å². The molecule has 0 aliphatic heterocycles. The predicted molar refractivity (Wildman–Crippen MR) is 30.9 cm³/mol. The molecule has 1 radical (unpaired) electrons. The summed E-state index contributed by atoms with van der Waals surface area (Å²) in [7, 11) is 0.